The summed E-state index contributed by atoms with van der Waals surface area (Å²) in [5.74, 6) is -0.183. The lowest BCUT2D eigenvalue weighted by molar-refractivity contribution is -0.0500. The highest BCUT2D eigenvalue weighted by Crippen LogP contribution is 2.33. The Balaban J connectivity index is 1.55. The Morgan fingerprint density at radius 3 is 2.88 bits per heavy atom. The Morgan fingerprint density at radius 1 is 1.31 bits per heavy atom. The molecule has 4 rings (SSSR count). The van der Waals surface area contributed by atoms with Crippen LogP contribution in [-0.2, 0) is 9.47 Å². The van der Waals surface area contributed by atoms with E-state index in [9.17, 15) is 9.90 Å². The van der Waals surface area contributed by atoms with E-state index in [0.717, 1.165) is 0 Å². The summed E-state index contributed by atoms with van der Waals surface area (Å²) in [5.41, 5.74) is 7.24. The molecule has 0 spiro atoms. The lowest BCUT2D eigenvalue weighted by Crippen LogP contribution is -2.30. The molecule has 2 aromatic heterocycles. The Bertz CT molecular complexity index is 929. The van der Waals surface area contributed by atoms with E-state index in [1.165, 1.54) is 6.33 Å². The summed E-state index contributed by atoms with van der Waals surface area (Å²) < 4.78 is 13.1. The minimum Gasteiger partial charge on any atom is -0.456 e. The van der Waals surface area contributed by atoms with Crippen molar-refractivity contribution in [1.29, 1.82) is 0 Å². The number of nitrogens with zero attached hydrogens (tertiary/aromatic N) is 4. The van der Waals surface area contributed by atoms with Crippen LogP contribution in [0.25, 0.3) is 11.2 Å². The Morgan fingerprint density at radius 2 is 2.12 bits per heavy atom. The fourth-order valence-corrected chi connectivity index (χ4v) is 3.02. The van der Waals surface area contributed by atoms with Crippen LogP contribution in [0.5, 0.6) is 0 Å². The van der Waals surface area contributed by atoms with Crippen molar-refractivity contribution in [2.75, 3.05) is 12.3 Å². The molecule has 1 aromatic carbocycles. The third kappa shape index (κ3) is 2.87. The maximum Gasteiger partial charge on any atom is 0.338 e. The van der Waals surface area contributed by atoms with Crippen molar-refractivity contribution < 1.29 is 19.4 Å². The summed E-state index contributed by atoms with van der Waals surface area (Å²) in [5, 5.41) is 9.61. The second-order valence-corrected chi connectivity index (χ2v) is 5.94. The molecule has 1 saturated heterocycles. The number of aromatic nitrogens is 4. The van der Waals surface area contributed by atoms with Crippen molar-refractivity contribution in [3.8, 4) is 0 Å². The van der Waals surface area contributed by atoms with E-state index in [1.807, 2.05) is 6.07 Å². The molecule has 0 aliphatic carbocycles. The van der Waals surface area contributed by atoms with Gasteiger partial charge >= 0.3 is 5.97 Å². The maximum absolute atomic E-state index is 12.3. The zero-order valence-electron chi connectivity index (χ0n) is 13.7. The highest BCUT2D eigenvalue weighted by Gasteiger charge is 2.39. The van der Waals surface area contributed by atoms with Gasteiger partial charge in [-0.1, -0.05) is 18.2 Å². The molecule has 26 heavy (non-hydrogen) atoms. The molecule has 1 aliphatic rings. The van der Waals surface area contributed by atoms with Gasteiger partial charge in [-0.2, -0.15) is 0 Å². The van der Waals surface area contributed by atoms with Crippen molar-refractivity contribution in [3.05, 3.63) is 48.5 Å². The first-order valence-electron chi connectivity index (χ1n) is 8.12. The first-order valence-corrected chi connectivity index (χ1v) is 8.12. The van der Waals surface area contributed by atoms with Crippen LogP contribution < -0.4 is 5.73 Å². The summed E-state index contributed by atoms with van der Waals surface area (Å²) in [6.07, 6.45) is 1.55. The first-order chi connectivity index (χ1) is 12.7. The molecule has 0 unspecified atom stereocenters. The molecule has 1 fully saturated rings. The first kappa shape index (κ1) is 16.4. The van der Waals surface area contributed by atoms with Crippen LogP contribution in [0.2, 0.25) is 0 Å². The summed E-state index contributed by atoms with van der Waals surface area (Å²) in [7, 11) is 0. The van der Waals surface area contributed by atoms with Gasteiger partial charge in [-0.05, 0) is 12.1 Å². The summed E-state index contributed by atoms with van der Waals surface area (Å²) in [6.45, 7) is -0.271. The molecule has 3 heterocycles. The summed E-state index contributed by atoms with van der Waals surface area (Å²) in [4.78, 5) is 24.6. The number of imidazole rings is 1. The number of hydrogen-bond acceptors (Lipinski definition) is 8. The van der Waals surface area contributed by atoms with Crippen LogP contribution in [0.4, 0.5) is 5.82 Å². The number of anilines is 1. The summed E-state index contributed by atoms with van der Waals surface area (Å²) >= 11 is 0. The van der Waals surface area contributed by atoms with E-state index >= 15 is 0 Å². The number of carbonyl (C=O) groups is 1. The van der Waals surface area contributed by atoms with Crippen molar-refractivity contribution in [2.24, 2.45) is 0 Å². The van der Waals surface area contributed by atoms with E-state index in [1.54, 1.807) is 35.2 Å². The fraction of sp³-hybridized carbons (Fsp3) is 0.294. The van der Waals surface area contributed by atoms with Crippen LogP contribution in [0.1, 0.15) is 23.0 Å². The maximum atomic E-state index is 12.3. The minimum absolute atomic E-state index is 0.271. The average Bonchev–Trinajstić information content (AvgIpc) is 3.27. The van der Waals surface area contributed by atoms with E-state index in [4.69, 9.17) is 15.2 Å². The number of fused-ring (bicyclic) bond motifs is 1. The van der Waals surface area contributed by atoms with Gasteiger partial charge < -0.3 is 20.3 Å². The van der Waals surface area contributed by atoms with Crippen molar-refractivity contribution in [1.82, 2.24) is 19.5 Å². The van der Waals surface area contributed by atoms with Gasteiger partial charge in [0.1, 0.15) is 30.3 Å². The van der Waals surface area contributed by atoms with Crippen LogP contribution in [0, 0.1) is 0 Å². The number of ether oxygens (including phenoxy) is 2. The van der Waals surface area contributed by atoms with Crippen molar-refractivity contribution in [3.63, 3.8) is 0 Å². The molecular formula is C17H17N5O4. The largest absolute Gasteiger partial charge is 0.456 e. The number of aliphatic hydroxyl groups excluding tert-OH is 1. The van der Waals surface area contributed by atoms with Gasteiger partial charge in [0.15, 0.2) is 11.5 Å². The van der Waals surface area contributed by atoms with Gasteiger partial charge in [-0.25, -0.2) is 19.7 Å². The lowest BCUT2D eigenvalue weighted by atomic mass is 10.1. The third-order valence-electron chi connectivity index (χ3n) is 4.33. The molecule has 1 aliphatic heterocycles. The molecule has 0 bridgehead atoms. The normalized spacial score (nSPS) is 22.6. The van der Waals surface area contributed by atoms with Gasteiger partial charge in [0.2, 0.25) is 0 Å². The van der Waals surface area contributed by atoms with Crippen LogP contribution in [0.15, 0.2) is 43.0 Å². The van der Waals surface area contributed by atoms with Gasteiger partial charge in [-0.15, -0.1) is 0 Å². The molecule has 0 saturated carbocycles. The predicted molar refractivity (Wildman–Crippen MR) is 91.0 cm³/mol. The minimum atomic E-state index is -0.635. The molecule has 0 radical (unpaired) electrons. The second-order valence-electron chi connectivity index (χ2n) is 5.94. The Kier molecular flexibility index (Phi) is 4.23. The lowest BCUT2D eigenvalue weighted by Gasteiger charge is -2.16. The number of nitrogen functional groups attached to an aromatic ring is 1. The smallest absolute Gasteiger partial charge is 0.338 e. The SMILES string of the molecule is Nc1ncnc2c1ncn2[C@@H]1C[C@@H](OC(=O)c2ccccc2)[C@@H](CO)O1. The average molecular weight is 355 g/mol. The molecule has 3 N–H and O–H groups in total. The van der Waals surface area contributed by atoms with Crippen molar-refractivity contribution in [2.45, 2.75) is 24.9 Å². The zero-order chi connectivity index (χ0) is 18.1. The standard InChI is InChI=1S/C17H17N5O4/c18-15-14-16(20-8-19-15)22(9-21-14)13-6-11(12(7-23)25-13)26-17(24)10-4-2-1-3-5-10/h1-5,8-9,11-13,23H,6-7H2,(H2,18,19,20)/t11-,12-,13+/m1/s1. The third-order valence-corrected chi connectivity index (χ3v) is 4.33. The molecule has 3 aromatic rings. The summed E-state index contributed by atoms with van der Waals surface area (Å²) in [6, 6.07) is 8.69. The van der Waals surface area contributed by atoms with Crippen molar-refractivity contribution >= 4 is 23.0 Å². The van der Waals surface area contributed by atoms with Crippen LogP contribution >= 0.6 is 0 Å². The van der Waals surface area contributed by atoms with Gasteiger partial charge in [0.25, 0.3) is 0 Å². The number of carbonyl (C=O) groups excluding carboxylic acids is 1. The molecule has 9 nitrogen and oxygen atoms in total. The molecule has 3 atom stereocenters. The van der Waals surface area contributed by atoms with E-state index in [0.29, 0.717) is 23.1 Å². The zero-order valence-corrected chi connectivity index (χ0v) is 13.7. The number of esters is 1. The Hall–Kier alpha value is -3.04. The molecule has 134 valence electrons. The number of aliphatic hydroxyl groups is 1. The van der Waals surface area contributed by atoms with E-state index in [-0.39, 0.29) is 12.4 Å². The predicted octanol–water partition coefficient (Wildman–Crippen LogP) is 0.914. The van der Waals surface area contributed by atoms with Crippen LogP contribution in [-0.4, -0.2) is 49.4 Å². The number of rotatable bonds is 4. The van der Waals surface area contributed by atoms with Gasteiger partial charge in [-0.3, -0.25) is 4.57 Å². The molecule has 9 heteroatoms. The monoisotopic (exact) mass is 355 g/mol. The quantitative estimate of drug-likeness (QED) is 0.662. The topological polar surface area (TPSA) is 125 Å². The van der Waals surface area contributed by atoms with Gasteiger partial charge in [0, 0.05) is 6.42 Å². The highest BCUT2D eigenvalue weighted by atomic mass is 16.6. The van der Waals surface area contributed by atoms with Gasteiger partial charge in [0.05, 0.1) is 18.5 Å². The van der Waals surface area contributed by atoms with Crippen LogP contribution in [0.3, 0.4) is 0 Å². The second kappa shape index (κ2) is 6.70. The molecular weight excluding hydrogens is 338 g/mol. The number of benzene rings is 1. The van der Waals surface area contributed by atoms with E-state index in [2.05, 4.69) is 15.0 Å². The highest BCUT2D eigenvalue weighted by molar-refractivity contribution is 5.89. The fourth-order valence-electron chi connectivity index (χ4n) is 3.02. The van der Waals surface area contributed by atoms with E-state index < -0.39 is 24.4 Å². The molecule has 0 amide bonds. The number of nitrogens with two attached hydrogens (primary N) is 1. The Labute approximate surface area is 148 Å². The number of hydrogen-bond donors (Lipinski definition) is 2.